The Morgan fingerprint density at radius 3 is 2.74 bits per heavy atom. The summed E-state index contributed by atoms with van der Waals surface area (Å²) in [7, 11) is 0. The Hall–Kier alpha value is -2.87. The molecule has 2 rings (SSSR count). The van der Waals surface area contributed by atoms with Crippen LogP contribution in [0.4, 0.5) is 15.8 Å². The number of hydrogen-bond acceptors (Lipinski definition) is 5. The van der Waals surface area contributed by atoms with Gasteiger partial charge in [0.25, 0.3) is 0 Å². The van der Waals surface area contributed by atoms with E-state index in [1.165, 1.54) is 30.3 Å². The molecule has 0 aromatic heterocycles. The number of rotatable bonds is 8. The molecule has 0 saturated heterocycles. The Labute approximate surface area is 164 Å². The molecule has 0 fully saturated rings. The number of halogens is 2. The van der Waals surface area contributed by atoms with E-state index in [1.54, 1.807) is 12.1 Å². The number of hydrogen-bond donors (Lipinski definition) is 2. The topological polar surface area (TPSA) is 90.7 Å². The summed E-state index contributed by atoms with van der Waals surface area (Å²) in [4.78, 5) is 23.8. The third-order valence-electron chi connectivity index (χ3n) is 3.35. The highest BCUT2D eigenvalue weighted by molar-refractivity contribution is 9.10. The lowest BCUT2D eigenvalue weighted by Gasteiger charge is -2.13. The first-order valence-electron chi connectivity index (χ1n) is 7.91. The largest absolute Gasteiger partial charge is 0.480 e. The fourth-order valence-electron chi connectivity index (χ4n) is 2.13. The highest BCUT2D eigenvalue weighted by atomic mass is 79.9. The maximum Gasteiger partial charge on any atom is 0.344 e. The molecular weight excluding hydrogens is 419 g/mol. The van der Waals surface area contributed by atoms with Crippen molar-refractivity contribution in [3.8, 4) is 5.75 Å². The second kappa shape index (κ2) is 9.72. The van der Waals surface area contributed by atoms with E-state index in [4.69, 9.17) is 15.2 Å². The Balaban J connectivity index is 2.05. The maximum atomic E-state index is 13.9. The zero-order valence-electron chi connectivity index (χ0n) is 14.3. The van der Waals surface area contributed by atoms with E-state index in [1.807, 2.05) is 0 Å². The van der Waals surface area contributed by atoms with Gasteiger partial charge in [-0.25, -0.2) is 9.18 Å². The van der Waals surface area contributed by atoms with E-state index in [9.17, 15) is 14.0 Å². The van der Waals surface area contributed by atoms with Gasteiger partial charge in [0.15, 0.2) is 6.61 Å². The van der Waals surface area contributed by atoms with Crippen LogP contribution in [0.1, 0.15) is 5.56 Å². The number of ether oxygens (including phenoxy) is 2. The van der Waals surface area contributed by atoms with Crippen LogP contribution in [0.2, 0.25) is 0 Å². The molecule has 6 nitrogen and oxygen atoms in total. The third kappa shape index (κ3) is 6.41. The van der Waals surface area contributed by atoms with Crippen LogP contribution in [-0.2, 0) is 20.7 Å². The number of carbonyl (C=O) groups is 2. The summed E-state index contributed by atoms with van der Waals surface area (Å²) in [6, 6.07) is 9.02. The van der Waals surface area contributed by atoms with Gasteiger partial charge in [0, 0.05) is 10.2 Å². The third-order valence-corrected chi connectivity index (χ3v) is 3.84. The molecule has 0 atom stereocenters. The first-order chi connectivity index (χ1) is 12.9. The zero-order valence-corrected chi connectivity index (χ0v) is 15.9. The Bertz CT molecular complexity index is 858. The smallest absolute Gasteiger partial charge is 0.344 e. The molecule has 2 aromatic carbocycles. The van der Waals surface area contributed by atoms with Crippen molar-refractivity contribution in [2.75, 3.05) is 24.3 Å². The molecule has 0 bridgehead atoms. The van der Waals surface area contributed by atoms with Crippen LogP contribution in [-0.4, -0.2) is 25.1 Å². The molecule has 0 aliphatic carbocycles. The van der Waals surface area contributed by atoms with Crippen molar-refractivity contribution in [1.29, 1.82) is 0 Å². The highest BCUT2D eigenvalue weighted by Gasteiger charge is 2.13. The van der Waals surface area contributed by atoms with Crippen molar-refractivity contribution in [2.45, 2.75) is 6.42 Å². The lowest BCUT2D eigenvalue weighted by atomic mass is 10.1. The molecule has 2 aromatic rings. The number of anilines is 2. The average molecular weight is 437 g/mol. The lowest BCUT2D eigenvalue weighted by Crippen LogP contribution is -2.18. The summed E-state index contributed by atoms with van der Waals surface area (Å²) in [6.45, 7) is 3.17. The van der Waals surface area contributed by atoms with Crippen LogP contribution < -0.4 is 15.8 Å². The van der Waals surface area contributed by atoms with E-state index >= 15 is 0 Å². The van der Waals surface area contributed by atoms with Gasteiger partial charge in [-0.05, 0) is 35.9 Å². The molecule has 0 aliphatic rings. The average Bonchev–Trinajstić information content (AvgIpc) is 2.61. The van der Waals surface area contributed by atoms with Gasteiger partial charge >= 0.3 is 5.97 Å². The molecule has 1 amide bonds. The van der Waals surface area contributed by atoms with Crippen LogP contribution in [0.5, 0.6) is 5.75 Å². The van der Waals surface area contributed by atoms with E-state index in [2.05, 4.69) is 27.8 Å². The number of nitrogen functional groups attached to an aromatic ring is 1. The number of esters is 1. The van der Waals surface area contributed by atoms with E-state index in [0.29, 0.717) is 10.2 Å². The fraction of sp³-hybridized carbons (Fsp3) is 0.158. The van der Waals surface area contributed by atoms with Crippen molar-refractivity contribution in [3.63, 3.8) is 0 Å². The van der Waals surface area contributed by atoms with Gasteiger partial charge in [-0.15, -0.1) is 0 Å². The molecule has 0 heterocycles. The minimum atomic E-state index is -0.582. The quantitative estimate of drug-likeness (QED) is 0.375. The van der Waals surface area contributed by atoms with Crippen LogP contribution in [0.25, 0.3) is 0 Å². The van der Waals surface area contributed by atoms with Gasteiger partial charge in [-0.3, -0.25) is 4.79 Å². The van der Waals surface area contributed by atoms with Crippen LogP contribution >= 0.6 is 15.9 Å². The molecule has 0 radical (unpaired) electrons. The molecule has 0 aliphatic heterocycles. The van der Waals surface area contributed by atoms with E-state index in [0.717, 1.165) is 0 Å². The van der Waals surface area contributed by atoms with E-state index < -0.39 is 17.7 Å². The lowest BCUT2D eigenvalue weighted by molar-refractivity contribution is -0.144. The summed E-state index contributed by atoms with van der Waals surface area (Å²) in [5.41, 5.74) is 6.65. The summed E-state index contributed by atoms with van der Waals surface area (Å²) in [5, 5.41) is 2.62. The molecule has 0 saturated carbocycles. The minimum absolute atomic E-state index is 0.0757. The summed E-state index contributed by atoms with van der Waals surface area (Å²) in [6.07, 6.45) is 1.27. The number of carbonyl (C=O) groups excluding carboxylic acids is 2. The van der Waals surface area contributed by atoms with Crippen molar-refractivity contribution in [2.24, 2.45) is 0 Å². The van der Waals surface area contributed by atoms with Crippen molar-refractivity contribution < 1.29 is 23.5 Å². The van der Waals surface area contributed by atoms with E-state index in [-0.39, 0.29) is 36.6 Å². The number of nitrogens with one attached hydrogen (secondary N) is 1. The first kappa shape index (κ1) is 20.4. The van der Waals surface area contributed by atoms with Gasteiger partial charge < -0.3 is 20.5 Å². The zero-order chi connectivity index (χ0) is 19.8. The molecule has 0 unspecified atom stereocenters. The summed E-state index contributed by atoms with van der Waals surface area (Å²) >= 11 is 3.16. The van der Waals surface area contributed by atoms with Gasteiger partial charge in [-0.1, -0.05) is 34.7 Å². The number of benzene rings is 2. The molecule has 8 heteroatoms. The standard InChI is InChI=1S/C19H18BrFN2O4/c1-2-7-26-19(25)11-27-17-6-5-14(22)10-16(17)23-18(24)8-12-3-4-13(20)9-15(12)21/h2-6,9-10H,1,7-8,11,22H2,(H,23,24). The van der Waals surface area contributed by atoms with Crippen molar-refractivity contribution in [1.82, 2.24) is 0 Å². The summed E-state index contributed by atoms with van der Waals surface area (Å²) < 4.78 is 24.7. The van der Waals surface area contributed by atoms with Crippen LogP contribution in [0, 0.1) is 5.82 Å². The molecular formula is C19H18BrFN2O4. The molecule has 3 N–H and O–H groups in total. The van der Waals surface area contributed by atoms with Gasteiger partial charge in [0.2, 0.25) is 5.91 Å². The second-order valence-electron chi connectivity index (χ2n) is 5.48. The first-order valence-corrected chi connectivity index (χ1v) is 8.71. The minimum Gasteiger partial charge on any atom is -0.480 e. The highest BCUT2D eigenvalue weighted by Crippen LogP contribution is 2.27. The Morgan fingerprint density at radius 1 is 1.26 bits per heavy atom. The predicted octanol–water partition coefficient (Wildman–Crippen LogP) is 3.46. The van der Waals surface area contributed by atoms with Gasteiger partial charge in [-0.2, -0.15) is 0 Å². The molecule has 142 valence electrons. The van der Waals surface area contributed by atoms with Gasteiger partial charge in [0.1, 0.15) is 18.2 Å². The predicted molar refractivity (Wildman–Crippen MR) is 104 cm³/mol. The monoisotopic (exact) mass is 436 g/mol. The molecule has 27 heavy (non-hydrogen) atoms. The maximum absolute atomic E-state index is 13.9. The number of nitrogens with two attached hydrogens (primary N) is 1. The molecule has 0 spiro atoms. The number of amides is 1. The van der Waals surface area contributed by atoms with Crippen LogP contribution in [0.3, 0.4) is 0 Å². The summed E-state index contributed by atoms with van der Waals surface area (Å²) in [5.74, 6) is -1.29. The van der Waals surface area contributed by atoms with Crippen molar-refractivity contribution in [3.05, 3.63) is 64.9 Å². The normalized spacial score (nSPS) is 10.1. The SMILES string of the molecule is C=CCOC(=O)COc1ccc(N)cc1NC(=O)Cc1ccc(Br)cc1F. The van der Waals surface area contributed by atoms with Crippen molar-refractivity contribution >= 4 is 39.2 Å². The fourth-order valence-corrected chi connectivity index (χ4v) is 2.47. The second-order valence-corrected chi connectivity index (χ2v) is 6.39. The Morgan fingerprint density at radius 2 is 2.04 bits per heavy atom. The Kier molecular flexibility index (Phi) is 7.36. The van der Waals surface area contributed by atoms with Gasteiger partial charge in [0.05, 0.1) is 12.1 Å². The van der Waals surface area contributed by atoms with Crippen LogP contribution in [0.15, 0.2) is 53.5 Å².